The van der Waals surface area contributed by atoms with Crippen LogP contribution in [-0.2, 0) is 9.59 Å². The van der Waals surface area contributed by atoms with E-state index in [1.807, 2.05) is 43.3 Å². The van der Waals surface area contributed by atoms with Gasteiger partial charge >= 0.3 is 0 Å². The molecule has 0 atom stereocenters. The lowest BCUT2D eigenvalue weighted by atomic mass is 10.1. The number of ether oxygens (including phenoxy) is 1. The molecule has 1 heterocycles. The van der Waals surface area contributed by atoms with Crippen LogP contribution in [0.2, 0.25) is 5.02 Å². The number of benzene rings is 4. The Hall–Kier alpha value is -4.64. The van der Waals surface area contributed by atoms with Crippen LogP contribution in [0.1, 0.15) is 22.8 Å². The van der Waals surface area contributed by atoms with Gasteiger partial charge in [-0.3, -0.25) is 14.4 Å². The number of halogens is 1. The molecule has 0 unspecified atom stereocenters. The number of amides is 3. The third kappa shape index (κ3) is 8.47. The Balaban J connectivity index is 1.19. The summed E-state index contributed by atoms with van der Waals surface area (Å²) in [6.07, 6.45) is 1.56. The first kappa shape index (κ1) is 30.8. The minimum atomic E-state index is -0.502. The number of carbonyl (C=O) groups is 3. The van der Waals surface area contributed by atoms with E-state index in [2.05, 4.69) is 20.9 Å². The van der Waals surface area contributed by atoms with Crippen molar-refractivity contribution >= 4 is 79.5 Å². The first-order valence-corrected chi connectivity index (χ1v) is 15.8. The van der Waals surface area contributed by atoms with Crippen LogP contribution >= 0.6 is 34.7 Å². The summed E-state index contributed by atoms with van der Waals surface area (Å²) >= 11 is 8.87. The summed E-state index contributed by atoms with van der Waals surface area (Å²) in [4.78, 5) is 44.0. The molecule has 5 rings (SSSR count). The van der Waals surface area contributed by atoms with Crippen molar-refractivity contribution < 1.29 is 19.1 Å². The van der Waals surface area contributed by atoms with Gasteiger partial charge in [0.05, 0.1) is 22.6 Å². The van der Waals surface area contributed by atoms with Crippen LogP contribution in [0.25, 0.3) is 16.3 Å². The number of fused-ring (bicyclic) bond motifs is 1. The zero-order valence-corrected chi connectivity index (χ0v) is 25.9. The van der Waals surface area contributed by atoms with Gasteiger partial charge in [-0.15, -0.1) is 11.8 Å². The standard InChI is InChI=1S/C33H27ClN4O4S2/c1-2-42-25-13-16-27-29(19-25)44-33(37-27)38-30(39)20-43-26-14-11-24(12-15-26)35-32(41)28(18-21-7-6-10-23(34)17-21)36-31(40)22-8-4-3-5-9-22/h3-19H,2,20H2,1H3,(H,35,41)(H,36,40)(H,37,38,39)/b28-18-. The largest absolute Gasteiger partial charge is 0.494 e. The molecule has 0 aliphatic carbocycles. The van der Waals surface area contributed by atoms with Crippen molar-refractivity contribution in [2.24, 2.45) is 0 Å². The molecule has 0 saturated heterocycles. The van der Waals surface area contributed by atoms with Crippen LogP contribution in [0.4, 0.5) is 10.8 Å². The third-order valence-electron chi connectivity index (χ3n) is 6.09. The summed E-state index contributed by atoms with van der Waals surface area (Å²) in [6, 6.07) is 28.3. The molecule has 0 aliphatic heterocycles. The van der Waals surface area contributed by atoms with Gasteiger partial charge in [0.25, 0.3) is 11.8 Å². The lowest BCUT2D eigenvalue weighted by Gasteiger charge is -2.12. The average Bonchev–Trinajstić information content (AvgIpc) is 3.42. The number of rotatable bonds is 11. The van der Waals surface area contributed by atoms with Gasteiger partial charge in [-0.25, -0.2) is 4.98 Å². The van der Waals surface area contributed by atoms with Gasteiger partial charge in [0, 0.05) is 21.2 Å². The van der Waals surface area contributed by atoms with Crippen LogP contribution in [0.5, 0.6) is 5.75 Å². The van der Waals surface area contributed by atoms with E-state index in [1.165, 1.54) is 23.1 Å². The van der Waals surface area contributed by atoms with E-state index < -0.39 is 11.8 Å². The fourth-order valence-electron chi connectivity index (χ4n) is 4.06. The maximum absolute atomic E-state index is 13.3. The van der Waals surface area contributed by atoms with Crippen molar-refractivity contribution in [3.05, 3.63) is 119 Å². The minimum absolute atomic E-state index is 0.0557. The monoisotopic (exact) mass is 642 g/mol. The van der Waals surface area contributed by atoms with Crippen LogP contribution in [0.15, 0.2) is 108 Å². The molecule has 8 nitrogen and oxygen atoms in total. The van der Waals surface area contributed by atoms with E-state index in [0.717, 1.165) is 20.9 Å². The highest BCUT2D eigenvalue weighted by Gasteiger charge is 2.16. The van der Waals surface area contributed by atoms with Crippen LogP contribution in [0.3, 0.4) is 0 Å². The van der Waals surface area contributed by atoms with E-state index in [-0.39, 0.29) is 17.4 Å². The molecule has 0 spiro atoms. The fraction of sp³-hybridized carbons (Fsp3) is 0.0909. The maximum atomic E-state index is 13.3. The van der Waals surface area contributed by atoms with E-state index in [1.54, 1.807) is 66.7 Å². The van der Waals surface area contributed by atoms with Crippen molar-refractivity contribution in [3.63, 3.8) is 0 Å². The lowest BCUT2D eigenvalue weighted by molar-refractivity contribution is -0.114. The second-order valence-electron chi connectivity index (χ2n) is 9.33. The van der Waals surface area contributed by atoms with Crippen molar-refractivity contribution in [1.29, 1.82) is 0 Å². The molecule has 11 heteroatoms. The zero-order chi connectivity index (χ0) is 30.9. The van der Waals surface area contributed by atoms with E-state index >= 15 is 0 Å². The summed E-state index contributed by atoms with van der Waals surface area (Å²) in [6.45, 7) is 2.50. The highest BCUT2D eigenvalue weighted by Crippen LogP contribution is 2.30. The molecule has 0 aliphatic rings. The molecule has 0 fully saturated rings. The first-order valence-electron chi connectivity index (χ1n) is 13.6. The van der Waals surface area contributed by atoms with Crippen molar-refractivity contribution in [3.8, 4) is 5.75 Å². The second kappa shape index (κ2) is 14.7. The number of thioether (sulfide) groups is 1. The zero-order valence-electron chi connectivity index (χ0n) is 23.5. The number of aromatic nitrogens is 1. The Morgan fingerprint density at radius 2 is 1.73 bits per heavy atom. The Kier molecular flexibility index (Phi) is 10.3. The number of thiazole rings is 1. The summed E-state index contributed by atoms with van der Waals surface area (Å²) in [5.41, 5.74) is 2.45. The van der Waals surface area contributed by atoms with E-state index in [0.29, 0.717) is 33.6 Å². The molecule has 222 valence electrons. The van der Waals surface area contributed by atoms with Gasteiger partial charge in [0.2, 0.25) is 5.91 Å². The number of nitrogens with zero attached hydrogens (tertiary/aromatic N) is 1. The smallest absolute Gasteiger partial charge is 0.272 e. The summed E-state index contributed by atoms with van der Waals surface area (Å²) < 4.78 is 6.47. The quantitative estimate of drug-likeness (QED) is 0.102. The topological polar surface area (TPSA) is 109 Å². The van der Waals surface area contributed by atoms with E-state index in [4.69, 9.17) is 16.3 Å². The summed E-state index contributed by atoms with van der Waals surface area (Å²) in [7, 11) is 0. The molecular formula is C33H27ClN4O4S2. The van der Waals surface area contributed by atoms with Gasteiger partial charge in [0.1, 0.15) is 11.4 Å². The molecule has 4 aromatic carbocycles. The number of hydrogen-bond acceptors (Lipinski definition) is 7. The van der Waals surface area contributed by atoms with Gasteiger partial charge in [-0.1, -0.05) is 53.3 Å². The molecule has 0 radical (unpaired) electrons. The predicted molar refractivity (Wildman–Crippen MR) is 179 cm³/mol. The molecule has 5 aromatic rings. The van der Waals surface area contributed by atoms with Crippen LogP contribution < -0.4 is 20.7 Å². The normalized spacial score (nSPS) is 11.2. The minimum Gasteiger partial charge on any atom is -0.494 e. The van der Waals surface area contributed by atoms with Crippen LogP contribution in [0, 0.1) is 0 Å². The highest BCUT2D eigenvalue weighted by atomic mass is 35.5. The third-order valence-corrected chi connectivity index (χ3v) is 8.27. The molecule has 0 saturated carbocycles. The van der Waals surface area contributed by atoms with Gasteiger partial charge < -0.3 is 20.7 Å². The number of anilines is 2. The van der Waals surface area contributed by atoms with Gasteiger partial charge in [-0.2, -0.15) is 0 Å². The van der Waals surface area contributed by atoms with Crippen molar-refractivity contribution in [1.82, 2.24) is 10.3 Å². The number of hydrogen-bond donors (Lipinski definition) is 3. The van der Waals surface area contributed by atoms with Gasteiger partial charge in [0.15, 0.2) is 5.13 Å². The summed E-state index contributed by atoms with van der Waals surface area (Å²) in [5, 5.41) is 9.42. The fourth-order valence-corrected chi connectivity index (χ4v) is 5.87. The molecule has 3 N–H and O–H groups in total. The predicted octanol–water partition coefficient (Wildman–Crippen LogP) is 7.49. The molecule has 3 amide bonds. The summed E-state index contributed by atoms with van der Waals surface area (Å²) in [5.74, 6) is -0.147. The number of nitrogens with one attached hydrogen (secondary N) is 3. The van der Waals surface area contributed by atoms with Crippen molar-refractivity contribution in [2.45, 2.75) is 11.8 Å². The highest BCUT2D eigenvalue weighted by molar-refractivity contribution is 8.00. The Morgan fingerprint density at radius 1 is 0.932 bits per heavy atom. The second-order valence-corrected chi connectivity index (χ2v) is 11.8. The van der Waals surface area contributed by atoms with Crippen molar-refractivity contribution in [2.75, 3.05) is 23.0 Å². The van der Waals surface area contributed by atoms with E-state index in [9.17, 15) is 14.4 Å². The maximum Gasteiger partial charge on any atom is 0.272 e. The van der Waals surface area contributed by atoms with Crippen LogP contribution in [-0.4, -0.2) is 35.1 Å². The molecule has 1 aromatic heterocycles. The molecule has 44 heavy (non-hydrogen) atoms. The SMILES string of the molecule is CCOc1ccc2nc(NC(=O)CSc3ccc(NC(=O)/C(=C/c4cccc(Cl)c4)NC(=O)c4ccccc4)cc3)sc2c1. The lowest BCUT2D eigenvalue weighted by Crippen LogP contribution is -2.30. The Labute approximate surface area is 267 Å². The first-order chi connectivity index (χ1) is 21.4. The van der Waals surface area contributed by atoms with Gasteiger partial charge in [-0.05, 0) is 85.3 Å². The Morgan fingerprint density at radius 3 is 2.48 bits per heavy atom. The number of carbonyl (C=O) groups excluding carboxylic acids is 3. The molecular weight excluding hydrogens is 616 g/mol. The molecule has 0 bridgehead atoms. The Bertz CT molecular complexity index is 1830. The average molecular weight is 643 g/mol.